The van der Waals surface area contributed by atoms with Crippen LogP contribution in [0, 0.1) is 0 Å². The lowest BCUT2D eigenvalue weighted by Gasteiger charge is -2.17. The first-order chi connectivity index (χ1) is 10.6. The molecule has 1 atom stereocenters. The highest BCUT2D eigenvalue weighted by Crippen LogP contribution is 2.23. The second-order valence-electron chi connectivity index (χ2n) is 5.11. The Morgan fingerprint density at radius 2 is 1.95 bits per heavy atom. The van der Waals surface area contributed by atoms with Crippen molar-refractivity contribution < 1.29 is 9.53 Å². The molecule has 1 unspecified atom stereocenters. The average molecular weight is 298 g/mol. The van der Waals surface area contributed by atoms with E-state index in [-0.39, 0.29) is 11.9 Å². The summed E-state index contributed by atoms with van der Waals surface area (Å²) in [6.07, 6.45) is 0.970. The van der Waals surface area contributed by atoms with Gasteiger partial charge in [0.15, 0.2) is 0 Å². The van der Waals surface area contributed by atoms with Gasteiger partial charge < -0.3 is 15.4 Å². The summed E-state index contributed by atoms with van der Waals surface area (Å²) >= 11 is 0. The van der Waals surface area contributed by atoms with Crippen LogP contribution >= 0.6 is 0 Å². The number of methoxy groups -OCH3 is 1. The Kier molecular flexibility index (Phi) is 5.42. The van der Waals surface area contributed by atoms with Crippen LogP contribution in [-0.4, -0.2) is 19.1 Å². The average Bonchev–Trinajstić information content (AvgIpc) is 2.55. The summed E-state index contributed by atoms with van der Waals surface area (Å²) < 4.78 is 5.24. The largest absolute Gasteiger partial charge is 0.495 e. The second kappa shape index (κ2) is 7.50. The standard InChI is InChI=1S/C18H22N2O2/c1-4-14-8-7-9-15(12-14)19-13(2)18(21)20-16-10-5-6-11-17(16)22-3/h5-13,19H,4H2,1-3H3,(H,20,21). The Balaban J connectivity index is 2.02. The van der Waals surface area contributed by atoms with E-state index < -0.39 is 0 Å². The summed E-state index contributed by atoms with van der Waals surface area (Å²) in [5.41, 5.74) is 2.86. The number of ether oxygens (including phenoxy) is 1. The van der Waals surface area contributed by atoms with Gasteiger partial charge in [-0.15, -0.1) is 0 Å². The number of amides is 1. The summed E-state index contributed by atoms with van der Waals surface area (Å²) in [6.45, 7) is 3.94. The fraction of sp³-hybridized carbons (Fsp3) is 0.278. The first-order valence-electron chi connectivity index (χ1n) is 7.43. The zero-order valence-corrected chi connectivity index (χ0v) is 13.2. The minimum atomic E-state index is -0.350. The predicted octanol–water partition coefficient (Wildman–Crippen LogP) is 3.70. The van der Waals surface area contributed by atoms with Gasteiger partial charge in [0.25, 0.3) is 0 Å². The maximum atomic E-state index is 12.3. The molecule has 2 aromatic carbocycles. The van der Waals surface area contributed by atoms with Crippen molar-refractivity contribution in [3.63, 3.8) is 0 Å². The van der Waals surface area contributed by atoms with Crippen LogP contribution in [0.2, 0.25) is 0 Å². The minimum Gasteiger partial charge on any atom is -0.495 e. The third-order valence-corrected chi connectivity index (χ3v) is 3.48. The van der Waals surface area contributed by atoms with Gasteiger partial charge in [-0.25, -0.2) is 0 Å². The van der Waals surface area contributed by atoms with E-state index in [4.69, 9.17) is 4.74 Å². The lowest BCUT2D eigenvalue weighted by molar-refractivity contribution is -0.116. The first-order valence-corrected chi connectivity index (χ1v) is 7.43. The van der Waals surface area contributed by atoms with Gasteiger partial charge in [-0.2, -0.15) is 0 Å². The number of anilines is 2. The highest BCUT2D eigenvalue weighted by Gasteiger charge is 2.14. The molecule has 2 aromatic rings. The van der Waals surface area contributed by atoms with Crippen LogP contribution in [0.4, 0.5) is 11.4 Å². The molecule has 22 heavy (non-hydrogen) atoms. The smallest absolute Gasteiger partial charge is 0.246 e. The maximum Gasteiger partial charge on any atom is 0.246 e. The molecule has 4 nitrogen and oxygen atoms in total. The van der Waals surface area contributed by atoms with Gasteiger partial charge in [0.1, 0.15) is 11.8 Å². The van der Waals surface area contributed by atoms with Crippen LogP contribution in [0.15, 0.2) is 48.5 Å². The van der Waals surface area contributed by atoms with E-state index >= 15 is 0 Å². The van der Waals surface area contributed by atoms with Crippen LogP contribution in [-0.2, 0) is 11.2 Å². The summed E-state index contributed by atoms with van der Waals surface area (Å²) in [7, 11) is 1.59. The van der Waals surface area contributed by atoms with Crippen molar-refractivity contribution in [3.8, 4) is 5.75 Å². The van der Waals surface area contributed by atoms with E-state index in [1.54, 1.807) is 7.11 Å². The first kappa shape index (κ1) is 15.9. The maximum absolute atomic E-state index is 12.3. The van der Waals surface area contributed by atoms with Crippen LogP contribution in [0.3, 0.4) is 0 Å². The van der Waals surface area contributed by atoms with Crippen molar-refractivity contribution in [2.75, 3.05) is 17.7 Å². The van der Waals surface area contributed by atoms with Crippen molar-refractivity contribution in [2.24, 2.45) is 0 Å². The Bertz CT molecular complexity index is 640. The monoisotopic (exact) mass is 298 g/mol. The van der Waals surface area contributed by atoms with E-state index in [1.165, 1.54) is 5.56 Å². The number of hydrogen-bond acceptors (Lipinski definition) is 3. The number of nitrogens with one attached hydrogen (secondary N) is 2. The summed E-state index contributed by atoms with van der Waals surface area (Å²) in [4.78, 5) is 12.3. The Morgan fingerprint density at radius 3 is 2.68 bits per heavy atom. The Hall–Kier alpha value is -2.49. The molecule has 4 heteroatoms. The molecule has 0 saturated carbocycles. The van der Waals surface area contributed by atoms with Crippen molar-refractivity contribution in [3.05, 3.63) is 54.1 Å². The van der Waals surface area contributed by atoms with Gasteiger partial charge >= 0.3 is 0 Å². The number of hydrogen-bond donors (Lipinski definition) is 2. The fourth-order valence-electron chi connectivity index (χ4n) is 2.19. The molecule has 0 saturated heterocycles. The van der Waals surface area contributed by atoms with E-state index in [0.717, 1.165) is 12.1 Å². The zero-order valence-electron chi connectivity index (χ0n) is 13.2. The molecule has 0 aromatic heterocycles. The molecule has 0 bridgehead atoms. The zero-order chi connectivity index (χ0) is 15.9. The van der Waals surface area contributed by atoms with Crippen molar-refractivity contribution in [1.29, 1.82) is 0 Å². The lowest BCUT2D eigenvalue weighted by atomic mass is 10.1. The molecule has 0 radical (unpaired) electrons. The van der Waals surface area contributed by atoms with E-state index in [9.17, 15) is 4.79 Å². The molecular weight excluding hydrogens is 276 g/mol. The molecule has 0 aliphatic carbocycles. The molecule has 2 rings (SSSR count). The predicted molar refractivity (Wildman–Crippen MR) is 90.5 cm³/mol. The molecule has 0 aliphatic heterocycles. The molecule has 1 amide bonds. The Labute approximate surface area is 131 Å². The lowest BCUT2D eigenvalue weighted by Crippen LogP contribution is -2.32. The third kappa shape index (κ3) is 4.01. The van der Waals surface area contributed by atoms with Crippen molar-refractivity contribution in [2.45, 2.75) is 26.3 Å². The van der Waals surface area contributed by atoms with E-state index in [0.29, 0.717) is 11.4 Å². The van der Waals surface area contributed by atoms with Gasteiger partial charge in [-0.1, -0.05) is 31.2 Å². The van der Waals surface area contributed by atoms with E-state index in [2.05, 4.69) is 29.7 Å². The summed E-state index contributed by atoms with van der Waals surface area (Å²) in [5.74, 6) is 0.544. The number of carbonyl (C=O) groups is 1. The summed E-state index contributed by atoms with van der Waals surface area (Å²) in [5, 5.41) is 6.10. The summed E-state index contributed by atoms with van der Waals surface area (Å²) in [6, 6.07) is 15.1. The van der Waals surface area contributed by atoms with Crippen molar-refractivity contribution >= 4 is 17.3 Å². The molecule has 2 N–H and O–H groups in total. The number of rotatable bonds is 6. The third-order valence-electron chi connectivity index (χ3n) is 3.48. The number of benzene rings is 2. The molecular formula is C18H22N2O2. The van der Waals surface area contributed by atoms with E-state index in [1.807, 2.05) is 43.3 Å². The van der Waals surface area contributed by atoms with Gasteiger partial charge in [0.2, 0.25) is 5.91 Å². The fourth-order valence-corrected chi connectivity index (χ4v) is 2.19. The molecule has 0 heterocycles. The quantitative estimate of drug-likeness (QED) is 0.855. The van der Waals surface area contributed by atoms with Crippen LogP contribution in [0.25, 0.3) is 0 Å². The van der Waals surface area contributed by atoms with Crippen LogP contribution in [0.1, 0.15) is 19.4 Å². The van der Waals surface area contributed by atoms with Crippen LogP contribution in [0.5, 0.6) is 5.75 Å². The molecule has 0 spiro atoms. The number of aryl methyl sites for hydroxylation is 1. The second-order valence-corrected chi connectivity index (χ2v) is 5.11. The van der Waals surface area contributed by atoms with Crippen molar-refractivity contribution in [1.82, 2.24) is 0 Å². The SMILES string of the molecule is CCc1cccc(NC(C)C(=O)Nc2ccccc2OC)c1. The topological polar surface area (TPSA) is 50.4 Å². The normalized spacial score (nSPS) is 11.6. The minimum absolute atomic E-state index is 0.105. The molecule has 0 aliphatic rings. The molecule has 116 valence electrons. The van der Waals surface area contributed by atoms with Gasteiger partial charge in [-0.05, 0) is 43.2 Å². The molecule has 0 fully saturated rings. The van der Waals surface area contributed by atoms with Gasteiger partial charge in [-0.3, -0.25) is 4.79 Å². The highest BCUT2D eigenvalue weighted by molar-refractivity contribution is 5.97. The van der Waals surface area contributed by atoms with Gasteiger partial charge in [0.05, 0.1) is 12.8 Å². The Morgan fingerprint density at radius 1 is 1.18 bits per heavy atom. The highest BCUT2D eigenvalue weighted by atomic mass is 16.5. The van der Waals surface area contributed by atoms with Gasteiger partial charge in [0, 0.05) is 5.69 Å². The number of para-hydroxylation sites is 2. The van der Waals surface area contributed by atoms with Crippen LogP contribution < -0.4 is 15.4 Å². The number of carbonyl (C=O) groups excluding carboxylic acids is 1.